The highest BCUT2D eigenvalue weighted by atomic mass is 32.2. The van der Waals surface area contributed by atoms with Crippen LogP contribution in [-0.2, 0) is 6.42 Å². The molecule has 1 aromatic heterocycles. The Balaban J connectivity index is 1.44. The van der Waals surface area contributed by atoms with Gasteiger partial charge in [-0.1, -0.05) is 24.3 Å². The molecule has 0 bridgehead atoms. The Morgan fingerprint density at radius 2 is 1.96 bits per heavy atom. The zero-order chi connectivity index (χ0) is 16.0. The highest BCUT2D eigenvalue weighted by Gasteiger charge is 2.43. The Morgan fingerprint density at radius 3 is 2.65 bits per heavy atom. The molecule has 1 fully saturated rings. The number of hydrogen-bond donors (Lipinski definition) is 2. The Hall–Kier alpha value is -2.01. The summed E-state index contributed by atoms with van der Waals surface area (Å²) in [4.78, 5) is 10.1. The monoisotopic (exact) mass is 326 g/mol. The van der Waals surface area contributed by atoms with Gasteiger partial charge in [-0.15, -0.1) is 11.8 Å². The SMILES string of the molecule is NC(=NCC1(Sc2ccccc2)CC1)NCCc1ccccn1. The summed E-state index contributed by atoms with van der Waals surface area (Å²) in [5.74, 6) is 0.529. The van der Waals surface area contributed by atoms with Crippen molar-refractivity contribution in [3.05, 3.63) is 60.4 Å². The fraction of sp³-hybridized carbons (Fsp3) is 0.333. The fourth-order valence-electron chi connectivity index (χ4n) is 2.32. The number of nitrogens with one attached hydrogen (secondary N) is 1. The van der Waals surface area contributed by atoms with Crippen LogP contribution in [0.25, 0.3) is 0 Å². The number of aromatic nitrogens is 1. The van der Waals surface area contributed by atoms with Gasteiger partial charge in [0.15, 0.2) is 5.96 Å². The third kappa shape index (κ3) is 4.99. The van der Waals surface area contributed by atoms with E-state index in [9.17, 15) is 0 Å². The summed E-state index contributed by atoms with van der Waals surface area (Å²) in [5.41, 5.74) is 7.04. The first kappa shape index (κ1) is 15.9. The molecule has 0 spiro atoms. The van der Waals surface area contributed by atoms with Gasteiger partial charge in [-0.05, 0) is 37.1 Å². The van der Waals surface area contributed by atoms with Crippen LogP contribution in [0, 0.1) is 0 Å². The number of thioether (sulfide) groups is 1. The van der Waals surface area contributed by atoms with Gasteiger partial charge in [0.05, 0.1) is 6.54 Å². The van der Waals surface area contributed by atoms with Crippen LogP contribution in [0.2, 0.25) is 0 Å². The van der Waals surface area contributed by atoms with E-state index >= 15 is 0 Å². The van der Waals surface area contributed by atoms with Crippen LogP contribution in [0.4, 0.5) is 0 Å². The fourth-order valence-corrected chi connectivity index (χ4v) is 3.55. The molecule has 1 heterocycles. The standard InChI is InChI=1S/C18H22N4S/c19-17(21-13-9-15-6-4-5-12-20-15)22-14-18(10-11-18)23-16-7-2-1-3-8-16/h1-8,12H,9-11,13-14H2,(H3,19,21,22). The van der Waals surface area contributed by atoms with E-state index in [4.69, 9.17) is 5.73 Å². The number of nitrogens with two attached hydrogens (primary N) is 1. The highest BCUT2D eigenvalue weighted by Crippen LogP contribution is 2.51. The Morgan fingerprint density at radius 1 is 1.17 bits per heavy atom. The predicted octanol–water partition coefficient (Wildman–Crippen LogP) is 2.85. The second kappa shape index (κ2) is 7.51. The molecule has 5 heteroatoms. The summed E-state index contributed by atoms with van der Waals surface area (Å²) in [6.07, 6.45) is 5.07. The van der Waals surface area contributed by atoms with E-state index in [0.29, 0.717) is 5.96 Å². The van der Waals surface area contributed by atoms with Gasteiger partial charge < -0.3 is 11.1 Å². The van der Waals surface area contributed by atoms with Crippen molar-refractivity contribution in [3.8, 4) is 0 Å². The van der Waals surface area contributed by atoms with Crippen molar-refractivity contribution in [1.29, 1.82) is 0 Å². The molecule has 3 rings (SSSR count). The van der Waals surface area contributed by atoms with E-state index in [1.54, 1.807) is 0 Å². The van der Waals surface area contributed by atoms with Crippen molar-refractivity contribution in [2.75, 3.05) is 13.1 Å². The van der Waals surface area contributed by atoms with Crippen molar-refractivity contribution < 1.29 is 0 Å². The molecule has 0 radical (unpaired) electrons. The summed E-state index contributed by atoms with van der Waals surface area (Å²) in [6, 6.07) is 16.5. The van der Waals surface area contributed by atoms with Crippen LogP contribution in [0.15, 0.2) is 64.6 Å². The quantitative estimate of drug-likeness (QED) is 0.607. The van der Waals surface area contributed by atoms with Crippen LogP contribution in [0.5, 0.6) is 0 Å². The predicted molar refractivity (Wildman–Crippen MR) is 96.7 cm³/mol. The topological polar surface area (TPSA) is 63.3 Å². The van der Waals surface area contributed by atoms with Crippen molar-refractivity contribution in [3.63, 3.8) is 0 Å². The van der Waals surface area contributed by atoms with Crippen molar-refractivity contribution >= 4 is 17.7 Å². The summed E-state index contributed by atoms with van der Waals surface area (Å²) < 4.78 is 0.245. The molecule has 1 saturated carbocycles. The molecular formula is C18H22N4S. The van der Waals surface area contributed by atoms with Gasteiger partial charge in [-0.2, -0.15) is 0 Å². The van der Waals surface area contributed by atoms with Gasteiger partial charge in [0.1, 0.15) is 0 Å². The number of nitrogens with zero attached hydrogens (tertiary/aromatic N) is 2. The number of hydrogen-bond acceptors (Lipinski definition) is 3. The Labute approximate surface area is 141 Å². The van der Waals surface area contributed by atoms with Gasteiger partial charge >= 0.3 is 0 Å². The van der Waals surface area contributed by atoms with E-state index in [2.05, 4.69) is 39.6 Å². The molecule has 0 atom stereocenters. The lowest BCUT2D eigenvalue weighted by Gasteiger charge is -2.13. The molecule has 23 heavy (non-hydrogen) atoms. The van der Waals surface area contributed by atoms with Crippen molar-refractivity contribution in [2.45, 2.75) is 28.9 Å². The van der Waals surface area contributed by atoms with Gasteiger partial charge in [-0.3, -0.25) is 9.98 Å². The molecule has 0 aliphatic heterocycles. The van der Waals surface area contributed by atoms with E-state index < -0.39 is 0 Å². The molecule has 1 aliphatic rings. The van der Waals surface area contributed by atoms with Gasteiger partial charge in [0.25, 0.3) is 0 Å². The number of aliphatic imine (C=N–C) groups is 1. The van der Waals surface area contributed by atoms with E-state index in [0.717, 1.165) is 25.2 Å². The average Bonchev–Trinajstić information content (AvgIpc) is 3.35. The van der Waals surface area contributed by atoms with Crippen LogP contribution < -0.4 is 11.1 Å². The van der Waals surface area contributed by atoms with E-state index in [1.807, 2.05) is 42.2 Å². The lowest BCUT2D eigenvalue weighted by Crippen LogP contribution is -2.34. The molecule has 120 valence electrons. The molecule has 4 nitrogen and oxygen atoms in total. The summed E-state index contributed by atoms with van der Waals surface area (Å²) in [7, 11) is 0. The minimum absolute atomic E-state index is 0.245. The number of guanidine groups is 1. The van der Waals surface area contributed by atoms with Gasteiger partial charge in [0, 0.05) is 34.5 Å². The first-order valence-corrected chi connectivity index (χ1v) is 8.75. The lowest BCUT2D eigenvalue weighted by atomic mass is 10.3. The second-order valence-corrected chi connectivity index (χ2v) is 7.34. The molecular weight excluding hydrogens is 304 g/mol. The molecule has 1 aliphatic carbocycles. The molecule has 0 saturated heterocycles. The normalized spacial score (nSPS) is 16.1. The number of rotatable bonds is 7. The Bertz CT molecular complexity index is 639. The molecule has 2 aromatic rings. The molecule has 0 unspecified atom stereocenters. The van der Waals surface area contributed by atoms with Crippen LogP contribution in [-0.4, -0.2) is 28.8 Å². The van der Waals surface area contributed by atoms with Gasteiger partial charge in [0.2, 0.25) is 0 Å². The first-order chi connectivity index (χ1) is 11.3. The third-order valence-corrected chi connectivity index (χ3v) is 5.31. The van der Waals surface area contributed by atoms with Crippen molar-refractivity contribution in [1.82, 2.24) is 10.3 Å². The zero-order valence-electron chi connectivity index (χ0n) is 13.1. The summed E-state index contributed by atoms with van der Waals surface area (Å²) in [6.45, 7) is 1.53. The first-order valence-electron chi connectivity index (χ1n) is 7.94. The maximum atomic E-state index is 5.98. The molecule has 3 N–H and O–H groups in total. The lowest BCUT2D eigenvalue weighted by molar-refractivity contribution is 0.817. The zero-order valence-corrected chi connectivity index (χ0v) is 13.9. The highest BCUT2D eigenvalue weighted by molar-refractivity contribution is 8.01. The third-order valence-electron chi connectivity index (χ3n) is 3.84. The van der Waals surface area contributed by atoms with Crippen molar-refractivity contribution in [2.24, 2.45) is 10.7 Å². The Kier molecular flexibility index (Phi) is 5.18. The van der Waals surface area contributed by atoms with Crippen LogP contribution >= 0.6 is 11.8 Å². The second-order valence-electron chi connectivity index (χ2n) is 5.80. The summed E-state index contributed by atoms with van der Waals surface area (Å²) >= 11 is 1.92. The number of pyridine rings is 1. The van der Waals surface area contributed by atoms with Gasteiger partial charge in [-0.25, -0.2) is 0 Å². The smallest absolute Gasteiger partial charge is 0.188 e. The maximum absolute atomic E-state index is 5.98. The largest absolute Gasteiger partial charge is 0.370 e. The van der Waals surface area contributed by atoms with Crippen LogP contribution in [0.1, 0.15) is 18.5 Å². The minimum atomic E-state index is 0.245. The van der Waals surface area contributed by atoms with Crippen LogP contribution in [0.3, 0.4) is 0 Å². The summed E-state index contributed by atoms with van der Waals surface area (Å²) in [5, 5.41) is 3.17. The minimum Gasteiger partial charge on any atom is -0.370 e. The van der Waals surface area contributed by atoms with E-state index in [-0.39, 0.29) is 4.75 Å². The molecule has 1 aromatic carbocycles. The van der Waals surface area contributed by atoms with E-state index in [1.165, 1.54) is 17.7 Å². The maximum Gasteiger partial charge on any atom is 0.188 e. The molecule has 0 amide bonds. The number of benzene rings is 1. The average molecular weight is 326 g/mol.